The number of amides is 2. The first-order valence-corrected chi connectivity index (χ1v) is 8.71. The van der Waals surface area contributed by atoms with Crippen molar-refractivity contribution in [1.29, 1.82) is 0 Å². The third-order valence-corrected chi connectivity index (χ3v) is 4.67. The topological polar surface area (TPSA) is 71.1 Å². The molecule has 134 valence electrons. The SMILES string of the molecule is O=C(Cc1cn2cc(Cl)ccc2n1)N1CCN(C(=O)c2ccco2)CC1. The molecular formula is C18H17ClN4O3. The second-order valence-electron chi connectivity index (χ2n) is 6.17. The van der Waals surface area contributed by atoms with Crippen LogP contribution in [-0.4, -0.2) is 57.2 Å². The van der Waals surface area contributed by atoms with Gasteiger partial charge in [-0.1, -0.05) is 11.6 Å². The van der Waals surface area contributed by atoms with Gasteiger partial charge in [0.25, 0.3) is 5.91 Å². The van der Waals surface area contributed by atoms with Crippen LogP contribution in [0.5, 0.6) is 0 Å². The Hall–Kier alpha value is -2.80. The number of fused-ring (bicyclic) bond motifs is 1. The quantitative estimate of drug-likeness (QED) is 0.706. The van der Waals surface area contributed by atoms with Crippen LogP contribution in [0.25, 0.3) is 5.65 Å². The number of piperazine rings is 1. The molecule has 7 nitrogen and oxygen atoms in total. The molecule has 4 rings (SSSR count). The lowest BCUT2D eigenvalue weighted by Crippen LogP contribution is -2.50. The number of hydrogen-bond donors (Lipinski definition) is 0. The highest BCUT2D eigenvalue weighted by Crippen LogP contribution is 2.14. The summed E-state index contributed by atoms with van der Waals surface area (Å²) in [5, 5.41) is 0.616. The van der Waals surface area contributed by atoms with Crippen molar-refractivity contribution in [3.8, 4) is 0 Å². The second kappa shape index (κ2) is 6.84. The van der Waals surface area contributed by atoms with Crippen LogP contribution in [0.2, 0.25) is 5.02 Å². The summed E-state index contributed by atoms with van der Waals surface area (Å²) in [5.74, 6) is 0.192. The van der Waals surface area contributed by atoms with Gasteiger partial charge in [0.2, 0.25) is 5.91 Å². The smallest absolute Gasteiger partial charge is 0.289 e. The number of pyridine rings is 1. The number of rotatable bonds is 3. The van der Waals surface area contributed by atoms with Crippen LogP contribution in [-0.2, 0) is 11.2 Å². The maximum atomic E-state index is 12.5. The summed E-state index contributed by atoms with van der Waals surface area (Å²) >= 11 is 5.97. The van der Waals surface area contributed by atoms with E-state index in [2.05, 4.69) is 4.98 Å². The van der Waals surface area contributed by atoms with Crippen LogP contribution in [0.1, 0.15) is 16.2 Å². The van der Waals surface area contributed by atoms with Gasteiger partial charge in [-0.05, 0) is 24.3 Å². The monoisotopic (exact) mass is 372 g/mol. The Bertz CT molecular complexity index is 943. The van der Waals surface area contributed by atoms with Gasteiger partial charge in [-0.25, -0.2) is 4.98 Å². The van der Waals surface area contributed by atoms with Gasteiger partial charge in [0, 0.05) is 38.6 Å². The summed E-state index contributed by atoms with van der Waals surface area (Å²) in [6.07, 6.45) is 5.28. The van der Waals surface area contributed by atoms with E-state index in [1.54, 1.807) is 34.2 Å². The number of hydrogen-bond acceptors (Lipinski definition) is 4. The predicted molar refractivity (Wildman–Crippen MR) is 95.1 cm³/mol. The highest BCUT2D eigenvalue weighted by molar-refractivity contribution is 6.30. The summed E-state index contributed by atoms with van der Waals surface area (Å²) in [6.45, 7) is 1.99. The summed E-state index contributed by atoms with van der Waals surface area (Å²) in [7, 11) is 0. The molecule has 4 heterocycles. The molecule has 1 aliphatic heterocycles. The Morgan fingerprint density at radius 1 is 1.08 bits per heavy atom. The van der Waals surface area contributed by atoms with Gasteiger partial charge in [-0.3, -0.25) is 9.59 Å². The van der Waals surface area contributed by atoms with E-state index in [1.165, 1.54) is 6.26 Å². The van der Waals surface area contributed by atoms with Crippen molar-refractivity contribution in [2.75, 3.05) is 26.2 Å². The van der Waals surface area contributed by atoms with E-state index in [9.17, 15) is 9.59 Å². The molecular weight excluding hydrogens is 356 g/mol. The zero-order valence-electron chi connectivity index (χ0n) is 14.0. The van der Waals surface area contributed by atoms with Crippen LogP contribution in [0.3, 0.4) is 0 Å². The van der Waals surface area contributed by atoms with Gasteiger partial charge in [0.1, 0.15) is 5.65 Å². The van der Waals surface area contributed by atoms with Crippen molar-refractivity contribution in [3.05, 3.63) is 59.4 Å². The second-order valence-corrected chi connectivity index (χ2v) is 6.61. The Morgan fingerprint density at radius 2 is 1.85 bits per heavy atom. The summed E-state index contributed by atoms with van der Waals surface area (Å²) < 4.78 is 6.96. The summed E-state index contributed by atoms with van der Waals surface area (Å²) in [5.41, 5.74) is 1.46. The summed E-state index contributed by atoms with van der Waals surface area (Å²) in [6, 6.07) is 6.92. The van der Waals surface area contributed by atoms with Crippen LogP contribution in [0, 0.1) is 0 Å². The highest BCUT2D eigenvalue weighted by Gasteiger charge is 2.26. The average Bonchev–Trinajstić information content (AvgIpc) is 3.30. The highest BCUT2D eigenvalue weighted by atomic mass is 35.5. The van der Waals surface area contributed by atoms with E-state index in [4.69, 9.17) is 16.0 Å². The van der Waals surface area contributed by atoms with E-state index >= 15 is 0 Å². The molecule has 1 aliphatic rings. The van der Waals surface area contributed by atoms with Gasteiger partial charge in [-0.2, -0.15) is 0 Å². The van der Waals surface area contributed by atoms with Crippen LogP contribution >= 0.6 is 11.6 Å². The Labute approximate surface area is 154 Å². The van der Waals surface area contributed by atoms with Gasteiger partial charge in [-0.15, -0.1) is 0 Å². The minimum absolute atomic E-state index is 0.00426. The molecule has 0 N–H and O–H groups in total. The third-order valence-electron chi connectivity index (χ3n) is 4.45. The maximum absolute atomic E-state index is 12.5. The molecule has 1 fully saturated rings. The fourth-order valence-corrected chi connectivity index (χ4v) is 3.25. The minimum atomic E-state index is -0.140. The first-order valence-electron chi connectivity index (χ1n) is 8.34. The fourth-order valence-electron chi connectivity index (χ4n) is 3.08. The van der Waals surface area contributed by atoms with Crippen molar-refractivity contribution in [2.24, 2.45) is 0 Å². The number of carbonyl (C=O) groups is 2. The van der Waals surface area contributed by atoms with Crippen molar-refractivity contribution in [2.45, 2.75) is 6.42 Å². The van der Waals surface area contributed by atoms with Crippen molar-refractivity contribution >= 4 is 29.1 Å². The third kappa shape index (κ3) is 3.30. The lowest BCUT2D eigenvalue weighted by atomic mass is 10.2. The molecule has 0 aromatic carbocycles. The number of nitrogens with zero attached hydrogens (tertiary/aromatic N) is 4. The van der Waals surface area contributed by atoms with E-state index in [0.29, 0.717) is 42.7 Å². The van der Waals surface area contributed by atoms with Gasteiger partial charge in [0.05, 0.1) is 23.4 Å². The van der Waals surface area contributed by atoms with E-state index in [1.807, 2.05) is 16.7 Å². The van der Waals surface area contributed by atoms with Gasteiger partial charge in [0.15, 0.2) is 5.76 Å². The van der Waals surface area contributed by atoms with Crippen LogP contribution in [0.15, 0.2) is 47.3 Å². The largest absolute Gasteiger partial charge is 0.459 e. The molecule has 1 saturated heterocycles. The predicted octanol–water partition coefficient (Wildman–Crippen LogP) is 2.11. The Morgan fingerprint density at radius 3 is 2.58 bits per heavy atom. The van der Waals surface area contributed by atoms with Gasteiger partial charge >= 0.3 is 0 Å². The molecule has 8 heteroatoms. The maximum Gasteiger partial charge on any atom is 0.289 e. The number of imidazole rings is 1. The molecule has 3 aromatic heterocycles. The molecule has 0 radical (unpaired) electrons. The molecule has 0 aliphatic carbocycles. The molecule has 0 bridgehead atoms. The van der Waals surface area contributed by atoms with Gasteiger partial charge < -0.3 is 18.6 Å². The number of furan rings is 1. The number of carbonyl (C=O) groups excluding carboxylic acids is 2. The van der Waals surface area contributed by atoms with Crippen LogP contribution in [0.4, 0.5) is 0 Å². The first-order chi connectivity index (χ1) is 12.6. The van der Waals surface area contributed by atoms with E-state index in [-0.39, 0.29) is 18.2 Å². The lowest BCUT2D eigenvalue weighted by molar-refractivity contribution is -0.132. The average molecular weight is 373 g/mol. The van der Waals surface area contributed by atoms with Crippen molar-refractivity contribution in [3.63, 3.8) is 0 Å². The Balaban J connectivity index is 1.36. The molecule has 0 unspecified atom stereocenters. The Kier molecular flexibility index (Phi) is 4.38. The van der Waals surface area contributed by atoms with E-state index in [0.717, 1.165) is 5.65 Å². The molecule has 0 saturated carbocycles. The van der Waals surface area contributed by atoms with Crippen LogP contribution < -0.4 is 0 Å². The zero-order valence-corrected chi connectivity index (χ0v) is 14.7. The lowest BCUT2D eigenvalue weighted by Gasteiger charge is -2.34. The van der Waals surface area contributed by atoms with Crippen molar-refractivity contribution in [1.82, 2.24) is 19.2 Å². The number of aromatic nitrogens is 2. The van der Waals surface area contributed by atoms with Crippen molar-refractivity contribution < 1.29 is 14.0 Å². The minimum Gasteiger partial charge on any atom is -0.459 e. The van der Waals surface area contributed by atoms with E-state index < -0.39 is 0 Å². The standard InChI is InChI=1S/C18H17ClN4O3/c19-13-3-4-16-20-14(12-23(16)11-13)10-17(24)21-5-7-22(8-6-21)18(25)15-2-1-9-26-15/h1-4,9,11-12H,5-8,10H2. The normalized spacial score (nSPS) is 14.8. The molecule has 3 aromatic rings. The molecule has 0 spiro atoms. The number of halogens is 1. The molecule has 26 heavy (non-hydrogen) atoms. The summed E-state index contributed by atoms with van der Waals surface area (Å²) in [4.78, 5) is 32.7. The fraction of sp³-hybridized carbons (Fsp3) is 0.278. The first kappa shape index (κ1) is 16.7. The molecule has 0 atom stereocenters. The zero-order chi connectivity index (χ0) is 18.1. The molecule has 2 amide bonds.